The number of carbonyl (C=O) groups excluding carboxylic acids is 1. The van der Waals surface area contributed by atoms with Gasteiger partial charge in [-0.1, -0.05) is 102 Å². The van der Waals surface area contributed by atoms with Gasteiger partial charge in [0.1, 0.15) is 6.61 Å². The number of carbonyl (C=O) groups is 1. The first-order valence-electron chi connectivity index (χ1n) is 15.1. The second-order valence-corrected chi connectivity index (χ2v) is 10.1. The average Bonchev–Trinajstić information content (AvgIpc) is 2.92. The lowest BCUT2D eigenvalue weighted by molar-refractivity contribution is -0.121. The fraction of sp³-hybridized carbons (Fsp3) is 0.719. The summed E-state index contributed by atoms with van der Waals surface area (Å²) in [5.41, 5.74) is 6.48. The van der Waals surface area contributed by atoms with Gasteiger partial charge in [-0.15, -0.1) is 0 Å². The van der Waals surface area contributed by atoms with E-state index in [1.807, 2.05) is 18.2 Å². The van der Waals surface area contributed by atoms with Gasteiger partial charge >= 0.3 is 0 Å². The monoisotopic (exact) mass is 516 g/mol. The summed E-state index contributed by atoms with van der Waals surface area (Å²) in [6.07, 6.45) is 27.6. The molecular formula is C32H56N2O3. The van der Waals surface area contributed by atoms with Crippen molar-refractivity contribution in [2.75, 3.05) is 20.3 Å². The topological polar surface area (TPSA) is 73.6 Å². The molecule has 0 radical (unpaired) electrons. The first-order chi connectivity index (χ1) is 18.2. The molecule has 0 unspecified atom stereocenters. The van der Waals surface area contributed by atoms with Crippen molar-refractivity contribution in [1.82, 2.24) is 5.32 Å². The standard InChI is InChI=1S/C32H56N2O3/c1-3-4-5-6-7-8-9-10-11-12-13-14-15-16-17-18-19-20-21-22-32(35)34-28-29-23-24-30(37-26-25-33)31(27-29)36-2/h10-11,23-24,27H,3-9,12-22,25-26,28,33H2,1-2H3,(H,34,35)/b11-10-. The Morgan fingerprint density at radius 1 is 0.811 bits per heavy atom. The van der Waals surface area contributed by atoms with Gasteiger partial charge < -0.3 is 20.5 Å². The van der Waals surface area contributed by atoms with Crippen molar-refractivity contribution in [2.24, 2.45) is 5.73 Å². The number of nitrogens with two attached hydrogens (primary N) is 1. The molecule has 0 aliphatic carbocycles. The summed E-state index contributed by atoms with van der Waals surface area (Å²) < 4.78 is 10.9. The van der Waals surface area contributed by atoms with E-state index < -0.39 is 0 Å². The number of benzene rings is 1. The molecule has 1 rings (SSSR count). The van der Waals surface area contributed by atoms with Crippen molar-refractivity contribution in [1.29, 1.82) is 0 Å². The van der Waals surface area contributed by atoms with E-state index >= 15 is 0 Å². The maximum Gasteiger partial charge on any atom is 0.220 e. The smallest absolute Gasteiger partial charge is 0.220 e. The van der Waals surface area contributed by atoms with Gasteiger partial charge in [0, 0.05) is 19.5 Å². The number of unbranched alkanes of at least 4 members (excludes halogenated alkanes) is 15. The molecular weight excluding hydrogens is 460 g/mol. The highest BCUT2D eigenvalue weighted by atomic mass is 16.5. The second kappa shape index (κ2) is 24.3. The lowest BCUT2D eigenvalue weighted by Gasteiger charge is -2.12. The molecule has 5 heteroatoms. The van der Waals surface area contributed by atoms with E-state index in [0.29, 0.717) is 37.6 Å². The third-order valence-corrected chi connectivity index (χ3v) is 6.76. The fourth-order valence-corrected chi connectivity index (χ4v) is 4.46. The van der Waals surface area contributed by atoms with Crippen LogP contribution in [-0.4, -0.2) is 26.2 Å². The Morgan fingerprint density at radius 2 is 1.38 bits per heavy atom. The highest BCUT2D eigenvalue weighted by molar-refractivity contribution is 5.75. The SMILES string of the molecule is CCCCCCCC/C=C\CCCCCCCCCCCC(=O)NCc1ccc(OCCN)c(OC)c1. The van der Waals surface area contributed by atoms with Gasteiger partial charge in [0.15, 0.2) is 11.5 Å². The predicted octanol–water partition coefficient (Wildman–Crippen LogP) is 8.25. The molecule has 0 spiro atoms. The molecule has 37 heavy (non-hydrogen) atoms. The van der Waals surface area contributed by atoms with E-state index in [-0.39, 0.29) is 5.91 Å². The maximum absolute atomic E-state index is 12.2. The largest absolute Gasteiger partial charge is 0.493 e. The molecule has 5 nitrogen and oxygen atoms in total. The molecule has 1 amide bonds. The molecule has 0 atom stereocenters. The summed E-state index contributed by atoms with van der Waals surface area (Å²) in [7, 11) is 1.62. The quantitative estimate of drug-likeness (QED) is 0.101. The van der Waals surface area contributed by atoms with E-state index in [4.69, 9.17) is 15.2 Å². The number of methoxy groups -OCH3 is 1. The van der Waals surface area contributed by atoms with Gasteiger partial charge in [0.05, 0.1) is 7.11 Å². The zero-order valence-corrected chi connectivity index (χ0v) is 24.0. The Morgan fingerprint density at radius 3 is 1.95 bits per heavy atom. The van der Waals surface area contributed by atoms with Crippen LogP contribution in [0.2, 0.25) is 0 Å². The molecule has 0 bridgehead atoms. The minimum absolute atomic E-state index is 0.114. The van der Waals surface area contributed by atoms with Crippen LogP contribution in [0.3, 0.4) is 0 Å². The van der Waals surface area contributed by atoms with Crippen molar-refractivity contribution >= 4 is 5.91 Å². The lowest BCUT2D eigenvalue weighted by atomic mass is 10.1. The van der Waals surface area contributed by atoms with Crippen molar-refractivity contribution in [3.63, 3.8) is 0 Å². The normalized spacial score (nSPS) is 11.2. The predicted molar refractivity (Wildman–Crippen MR) is 157 cm³/mol. The van der Waals surface area contributed by atoms with Crippen LogP contribution in [-0.2, 0) is 11.3 Å². The zero-order chi connectivity index (χ0) is 26.8. The van der Waals surface area contributed by atoms with Gasteiger partial charge in [-0.05, 0) is 49.8 Å². The number of amides is 1. The Labute approximate surface area is 228 Å². The molecule has 0 aliphatic rings. The van der Waals surface area contributed by atoms with Crippen molar-refractivity contribution in [3.05, 3.63) is 35.9 Å². The van der Waals surface area contributed by atoms with E-state index in [1.54, 1.807) is 7.11 Å². The molecule has 0 saturated heterocycles. The van der Waals surface area contributed by atoms with Crippen LogP contribution in [0.4, 0.5) is 0 Å². The molecule has 0 aliphatic heterocycles. The molecule has 0 saturated carbocycles. The number of rotatable bonds is 25. The van der Waals surface area contributed by atoms with Crippen LogP contribution in [0.15, 0.2) is 30.4 Å². The Bertz CT molecular complexity index is 705. The molecule has 1 aromatic rings. The molecule has 212 valence electrons. The molecule has 0 heterocycles. The zero-order valence-electron chi connectivity index (χ0n) is 24.0. The van der Waals surface area contributed by atoms with Crippen LogP contribution in [0.5, 0.6) is 11.5 Å². The summed E-state index contributed by atoms with van der Waals surface area (Å²) in [5, 5.41) is 3.01. The average molecular weight is 517 g/mol. The summed E-state index contributed by atoms with van der Waals surface area (Å²) in [6, 6.07) is 5.72. The first kappa shape index (κ1) is 33.0. The number of ether oxygens (including phenoxy) is 2. The van der Waals surface area contributed by atoms with Gasteiger partial charge in [-0.2, -0.15) is 0 Å². The van der Waals surface area contributed by atoms with Crippen LogP contribution in [0.1, 0.15) is 128 Å². The summed E-state index contributed by atoms with van der Waals surface area (Å²) in [6.45, 7) is 3.68. The third-order valence-electron chi connectivity index (χ3n) is 6.76. The Balaban J connectivity index is 1.92. The number of allylic oxidation sites excluding steroid dienone is 2. The van der Waals surface area contributed by atoms with Crippen molar-refractivity contribution < 1.29 is 14.3 Å². The Hall–Kier alpha value is -2.01. The lowest BCUT2D eigenvalue weighted by Crippen LogP contribution is -2.22. The first-order valence-corrected chi connectivity index (χ1v) is 15.1. The number of hydrogen-bond donors (Lipinski definition) is 2. The molecule has 0 aromatic heterocycles. The van der Waals surface area contributed by atoms with Crippen LogP contribution in [0.25, 0.3) is 0 Å². The van der Waals surface area contributed by atoms with E-state index in [9.17, 15) is 4.79 Å². The van der Waals surface area contributed by atoms with Gasteiger partial charge in [0.2, 0.25) is 5.91 Å². The molecule has 3 N–H and O–H groups in total. The van der Waals surface area contributed by atoms with Crippen LogP contribution in [0, 0.1) is 0 Å². The minimum Gasteiger partial charge on any atom is -0.493 e. The summed E-state index contributed by atoms with van der Waals surface area (Å²) in [5.74, 6) is 1.45. The highest BCUT2D eigenvalue weighted by Crippen LogP contribution is 2.28. The molecule has 1 aromatic carbocycles. The maximum atomic E-state index is 12.2. The van der Waals surface area contributed by atoms with Crippen molar-refractivity contribution in [3.8, 4) is 11.5 Å². The van der Waals surface area contributed by atoms with Crippen molar-refractivity contribution in [2.45, 2.75) is 129 Å². The number of hydrogen-bond acceptors (Lipinski definition) is 4. The van der Waals surface area contributed by atoms with Gasteiger partial charge in [-0.3, -0.25) is 4.79 Å². The van der Waals surface area contributed by atoms with Crippen LogP contribution >= 0.6 is 0 Å². The second-order valence-electron chi connectivity index (χ2n) is 10.1. The highest BCUT2D eigenvalue weighted by Gasteiger charge is 2.07. The van der Waals surface area contributed by atoms with E-state index in [2.05, 4.69) is 24.4 Å². The summed E-state index contributed by atoms with van der Waals surface area (Å²) >= 11 is 0. The van der Waals surface area contributed by atoms with Gasteiger partial charge in [-0.25, -0.2) is 0 Å². The summed E-state index contributed by atoms with van der Waals surface area (Å²) in [4.78, 5) is 12.2. The van der Waals surface area contributed by atoms with Gasteiger partial charge in [0.25, 0.3) is 0 Å². The third kappa shape index (κ3) is 18.8. The Kier molecular flexibility index (Phi) is 21.7. The van der Waals surface area contributed by atoms with E-state index in [1.165, 1.54) is 96.3 Å². The molecule has 0 fully saturated rings. The minimum atomic E-state index is 0.114. The number of nitrogens with one attached hydrogen (secondary N) is 1. The fourth-order valence-electron chi connectivity index (χ4n) is 4.46. The van der Waals surface area contributed by atoms with E-state index in [0.717, 1.165) is 18.4 Å². The van der Waals surface area contributed by atoms with Crippen LogP contribution < -0.4 is 20.5 Å².